The molecular weight excluding hydrogens is 1580 g/mol. The maximum atomic E-state index is 14.1. The first-order chi connectivity index (χ1) is 58.0. The number of H-pyrrole nitrogens is 4. The maximum Gasteiger partial charge on any atom is 0.276 e. The number of nitrogens with zero attached hydrogens (tertiary/aromatic N) is 9. The van der Waals surface area contributed by atoms with Gasteiger partial charge >= 0.3 is 0 Å². The number of anilines is 4. The van der Waals surface area contributed by atoms with Crippen LogP contribution in [0.3, 0.4) is 0 Å². The molecular formula is C87H71ClF3N17O13. The van der Waals surface area contributed by atoms with Crippen molar-refractivity contribution in [1.29, 1.82) is 0 Å². The molecule has 0 spiro atoms. The molecule has 8 N–H and O–H groups in total. The lowest BCUT2D eigenvalue weighted by atomic mass is 9.93. The zero-order valence-electron chi connectivity index (χ0n) is 64.9. The van der Waals surface area contributed by atoms with E-state index in [1.54, 1.807) is 133 Å². The lowest BCUT2D eigenvalue weighted by molar-refractivity contribution is -0.129. The van der Waals surface area contributed by atoms with Crippen LogP contribution in [0.4, 0.5) is 35.9 Å². The Hall–Kier alpha value is -15.7. The van der Waals surface area contributed by atoms with Crippen LogP contribution in [-0.2, 0) is 17.6 Å². The van der Waals surface area contributed by atoms with Gasteiger partial charge in [0.15, 0.2) is 45.7 Å². The number of aromatic amines is 4. The second kappa shape index (κ2) is 36.2. The zero-order valence-corrected chi connectivity index (χ0v) is 65.6. The standard InChI is InChI=1S/C22H16ClFN4O3.C22H17FN4O3.C22H23N5O4.C21H15FN4O3/c1-12(29)13-3-6-17(7-4-13)27-21(30)18-11-26-28-20(18)25-10-15(22(28)31)8-14-2-5-16(23)9-19(14)24;1-13(28)14-6-8-17(9-7-14)26-21(29)18-12-25-27-20(18)24-11-16(22(27)30)10-15-4-2-3-5-19(15)23;1-13(28)15-3-5-17(6-4-15)24-22(31)18-12-23-27-20(30)11-19(25-21(18)27)16-7-9-26(10-8-16)14(2)29;1-12(27)13-4-8-16(9-5-13)24-21(29)17-11-23-26-19(28)10-18(25-20(17)26)14-2-6-15(22)7-3-14/h2-7,9-11,26H,8H2,1H3,(H,27,30);2-9,11-12,25H,10H2,1H3,(H,26,29);3-6,11-12,16,23H,7-10H2,1-2H3,(H,24,31);2-11,23H,1H3,(H,24,29). The van der Waals surface area contributed by atoms with Gasteiger partial charge in [-0.3, -0.25) is 82.7 Å². The van der Waals surface area contributed by atoms with E-state index in [1.165, 1.54) is 124 Å². The summed E-state index contributed by atoms with van der Waals surface area (Å²) in [4.78, 5) is 178. The molecule has 16 rings (SSSR count). The van der Waals surface area contributed by atoms with Gasteiger partial charge in [0.1, 0.15) is 39.7 Å². The molecule has 34 heteroatoms. The fourth-order valence-corrected chi connectivity index (χ4v) is 13.2. The predicted octanol–water partition coefficient (Wildman–Crippen LogP) is 12.6. The number of carbonyl (C=O) groups is 9. The van der Waals surface area contributed by atoms with Gasteiger partial charge in [0.05, 0.1) is 11.4 Å². The number of benzene rings is 7. The van der Waals surface area contributed by atoms with E-state index in [9.17, 15) is 75.5 Å². The average molecular weight is 1660 g/mol. The third kappa shape index (κ3) is 19.2. The summed E-state index contributed by atoms with van der Waals surface area (Å²) >= 11 is 5.77. The zero-order chi connectivity index (χ0) is 86.0. The van der Waals surface area contributed by atoms with E-state index < -0.39 is 57.8 Å². The highest BCUT2D eigenvalue weighted by atomic mass is 35.5. The van der Waals surface area contributed by atoms with Crippen LogP contribution < -0.4 is 43.5 Å². The van der Waals surface area contributed by atoms with Gasteiger partial charge in [-0.2, -0.15) is 0 Å². The van der Waals surface area contributed by atoms with Gasteiger partial charge in [0.25, 0.3) is 45.9 Å². The van der Waals surface area contributed by atoms with Gasteiger partial charge in [-0.15, -0.1) is 0 Å². The number of Topliss-reactive ketones (excluding diaryl/α,β-unsaturated/α-hetero) is 4. The Labute approximate surface area is 687 Å². The van der Waals surface area contributed by atoms with Crippen molar-refractivity contribution in [3.05, 3.63) is 349 Å². The van der Waals surface area contributed by atoms with Crippen molar-refractivity contribution in [3.8, 4) is 11.3 Å². The van der Waals surface area contributed by atoms with E-state index in [1.807, 2.05) is 0 Å². The largest absolute Gasteiger partial charge is 0.343 e. The number of aromatic nitrogens is 12. The van der Waals surface area contributed by atoms with E-state index >= 15 is 0 Å². The first kappa shape index (κ1) is 83.3. The number of ketones is 4. The lowest BCUT2D eigenvalue weighted by Gasteiger charge is -2.30. The molecule has 30 nitrogen and oxygen atoms in total. The Morgan fingerprint density at radius 2 is 0.785 bits per heavy atom. The number of nitrogens with one attached hydrogen (secondary N) is 8. The SMILES string of the molecule is CC(=O)c1ccc(NC(=O)c2c[nH]n3c(=O)c(Cc4ccc(Cl)cc4F)cnc23)cc1.CC(=O)c1ccc(NC(=O)c2c[nH]n3c(=O)c(Cc4ccccc4F)cnc23)cc1.CC(=O)c1ccc(NC(=O)c2c[nH]n3c(=O)cc(-c4ccc(F)cc4)nc23)cc1.CC(=O)c1ccc(NC(=O)c2c[nH]n3c(=O)cc(C4CCN(C(C)=O)CC4)nc23)cc1. The van der Waals surface area contributed by atoms with Gasteiger partial charge in [-0.1, -0.05) is 35.9 Å². The molecule has 1 fully saturated rings. The molecule has 15 aromatic rings. The highest BCUT2D eigenvalue weighted by Crippen LogP contribution is 2.29. The van der Waals surface area contributed by atoms with E-state index in [-0.39, 0.29) is 109 Å². The topological polar surface area (TPSA) is 406 Å². The van der Waals surface area contributed by atoms with Crippen LogP contribution in [0.15, 0.2) is 232 Å². The number of rotatable bonds is 18. The molecule has 9 heterocycles. The van der Waals surface area contributed by atoms with Crippen molar-refractivity contribution in [2.45, 2.75) is 66.2 Å². The Morgan fingerprint density at radius 1 is 0.413 bits per heavy atom. The van der Waals surface area contributed by atoms with Crippen molar-refractivity contribution in [1.82, 2.24) is 63.3 Å². The molecule has 121 heavy (non-hydrogen) atoms. The fourth-order valence-electron chi connectivity index (χ4n) is 13.0. The summed E-state index contributed by atoms with van der Waals surface area (Å²) < 4.78 is 45.8. The van der Waals surface area contributed by atoms with Crippen molar-refractivity contribution in [3.63, 3.8) is 0 Å². The van der Waals surface area contributed by atoms with Crippen molar-refractivity contribution >= 4 is 110 Å². The minimum Gasteiger partial charge on any atom is -0.343 e. The molecule has 1 aliphatic heterocycles. The fraction of sp³-hybridized carbons (Fsp3) is 0.138. The van der Waals surface area contributed by atoms with E-state index in [0.717, 1.165) is 26.4 Å². The highest BCUT2D eigenvalue weighted by molar-refractivity contribution is 6.30. The van der Waals surface area contributed by atoms with Gasteiger partial charge in [0.2, 0.25) is 5.91 Å². The van der Waals surface area contributed by atoms with E-state index in [0.29, 0.717) is 91.7 Å². The first-order valence-corrected chi connectivity index (χ1v) is 37.7. The minimum atomic E-state index is -0.514. The summed E-state index contributed by atoms with van der Waals surface area (Å²) in [6.07, 6.45) is 9.83. The third-order valence-corrected chi connectivity index (χ3v) is 19.9. The molecule has 1 aliphatic rings. The summed E-state index contributed by atoms with van der Waals surface area (Å²) in [5.41, 5.74) is 6.86. The second-order valence-electron chi connectivity index (χ2n) is 27.9. The monoisotopic (exact) mass is 1650 g/mol. The number of likely N-dealkylation sites (tertiary alicyclic amines) is 1. The third-order valence-electron chi connectivity index (χ3n) is 19.6. The Bertz CT molecular complexity index is 6840. The maximum absolute atomic E-state index is 14.1. The first-order valence-electron chi connectivity index (χ1n) is 37.3. The average Bonchev–Trinajstić information content (AvgIpc) is 1.67. The Morgan fingerprint density at radius 3 is 1.17 bits per heavy atom. The summed E-state index contributed by atoms with van der Waals surface area (Å²) in [5, 5.41) is 22.1. The van der Waals surface area contributed by atoms with Crippen LogP contribution in [0.25, 0.3) is 33.8 Å². The van der Waals surface area contributed by atoms with Gasteiger partial charge in [0, 0.05) is 155 Å². The summed E-state index contributed by atoms with van der Waals surface area (Å²) in [7, 11) is 0. The van der Waals surface area contributed by atoms with E-state index in [2.05, 4.69) is 61.6 Å². The highest BCUT2D eigenvalue weighted by Gasteiger charge is 2.27. The molecule has 0 bridgehead atoms. The van der Waals surface area contributed by atoms with Gasteiger partial charge in [-0.25, -0.2) is 51.2 Å². The second-order valence-corrected chi connectivity index (χ2v) is 28.3. The Balaban J connectivity index is 0.000000139. The smallest absolute Gasteiger partial charge is 0.276 e. The summed E-state index contributed by atoms with van der Waals surface area (Å²) in [6, 6.07) is 44.8. The van der Waals surface area contributed by atoms with Gasteiger partial charge < -0.3 is 26.2 Å². The number of hydrogen-bond acceptors (Lipinski definition) is 17. The quantitative estimate of drug-likeness (QED) is 0.0370. The molecule has 0 atom stereocenters. The van der Waals surface area contributed by atoms with Crippen LogP contribution in [0.1, 0.15) is 164 Å². The molecule has 5 amide bonds. The van der Waals surface area contributed by atoms with Crippen LogP contribution >= 0.6 is 11.6 Å². The van der Waals surface area contributed by atoms with E-state index in [4.69, 9.17) is 11.6 Å². The van der Waals surface area contributed by atoms with Crippen LogP contribution in [0.5, 0.6) is 0 Å². The number of hydrogen-bond donors (Lipinski definition) is 8. The normalized spacial score (nSPS) is 11.8. The summed E-state index contributed by atoms with van der Waals surface area (Å²) in [6.45, 7) is 8.65. The van der Waals surface area contributed by atoms with Crippen molar-refractivity contribution in [2.75, 3.05) is 34.4 Å². The molecule has 1 saturated heterocycles. The number of amides is 5. The number of piperidine rings is 1. The number of halogens is 4. The molecule has 0 aliphatic carbocycles. The van der Waals surface area contributed by atoms with Crippen molar-refractivity contribution in [2.24, 2.45) is 0 Å². The molecule has 8 aromatic heterocycles. The minimum absolute atomic E-state index is 0.0286. The molecule has 0 unspecified atom stereocenters. The number of fused-ring (bicyclic) bond motifs is 4. The van der Waals surface area contributed by atoms with Crippen LogP contribution in [0, 0.1) is 17.5 Å². The molecule has 0 radical (unpaired) electrons. The van der Waals surface area contributed by atoms with Crippen LogP contribution in [-0.4, -0.2) is 129 Å². The molecule has 7 aromatic carbocycles. The summed E-state index contributed by atoms with van der Waals surface area (Å²) in [5.74, 6) is -3.31. The van der Waals surface area contributed by atoms with Crippen LogP contribution in [0.2, 0.25) is 5.02 Å². The Kier molecular flexibility index (Phi) is 24.9. The predicted molar refractivity (Wildman–Crippen MR) is 444 cm³/mol. The van der Waals surface area contributed by atoms with Crippen molar-refractivity contribution < 1.29 is 56.3 Å². The lowest BCUT2D eigenvalue weighted by Crippen LogP contribution is -2.36. The molecule has 610 valence electrons. The van der Waals surface area contributed by atoms with Gasteiger partial charge in [-0.05, 0) is 191 Å². The number of carbonyl (C=O) groups excluding carboxylic acids is 9. The molecule has 0 saturated carbocycles.